The summed E-state index contributed by atoms with van der Waals surface area (Å²) in [6.07, 6.45) is 2.69. The Balaban J connectivity index is 1.65. The number of aromatic nitrogens is 3. The second-order valence-corrected chi connectivity index (χ2v) is 5.86. The lowest BCUT2D eigenvalue weighted by atomic mass is 10.1. The lowest BCUT2D eigenvalue weighted by Gasteiger charge is -2.26. The fourth-order valence-electron chi connectivity index (χ4n) is 2.41. The second-order valence-electron chi connectivity index (χ2n) is 5.52. The van der Waals surface area contributed by atoms with Gasteiger partial charge in [0.05, 0.1) is 13.2 Å². The van der Waals surface area contributed by atoms with E-state index >= 15 is 0 Å². The first-order chi connectivity index (χ1) is 9.72. The summed E-state index contributed by atoms with van der Waals surface area (Å²) in [5.41, 5.74) is 0. The molecular formula is C13H20ClN5O. The highest BCUT2D eigenvalue weighted by atomic mass is 35.5. The maximum absolute atomic E-state index is 6.00. The Kier molecular flexibility index (Phi) is 4.21. The molecule has 20 heavy (non-hydrogen) atoms. The monoisotopic (exact) mass is 297 g/mol. The third-order valence-corrected chi connectivity index (χ3v) is 4.07. The van der Waals surface area contributed by atoms with Gasteiger partial charge < -0.3 is 15.0 Å². The average molecular weight is 298 g/mol. The summed E-state index contributed by atoms with van der Waals surface area (Å²) in [4.78, 5) is 14.9. The molecule has 1 aromatic rings. The summed E-state index contributed by atoms with van der Waals surface area (Å²) >= 11 is 6.00. The number of anilines is 2. The molecule has 0 spiro atoms. The van der Waals surface area contributed by atoms with Gasteiger partial charge in [-0.3, -0.25) is 0 Å². The smallest absolute Gasteiger partial charge is 0.231 e. The van der Waals surface area contributed by atoms with Gasteiger partial charge >= 0.3 is 0 Å². The zero-order valence-electron chi connectivity index (χ0n) is 11.7. The summed E-state index contributed by atoms with van der Waals surface area (Å²) in [7, 11) is 0. The number of halogens is 1. The Labute approximate surface area is 123 Å². The summed E-state index contributed by atoms with van der Waals surface area (Å²) in [6.45, 7) is 6.12. The number of hydrogen-bond acceptors (Lipinski definition) is 6. The fraction of sp³-hybridized carbons (Fsp3) is 0.769. The zero-order valence-corrected chi connectivity index (χ0v) is 12.4. The Morgan fingerprint density at radius 1 is 1.30 bits per heavy atom. The largest absolute Gasteiger partial charge is 0.378 e. The average Bonchev–Trinajstić information content (AvgIpc) is 3.30. The van der Waals surface area contributed by atoms with Crippen LogP contribution in [0, 0.1) is 11.8 Å². The van der Waals surface area contributed by atoms with Gasteiger partial charge in [0.15, 0.2) is 0 Å². The van der Waals surface area contributed by atoms with Crippen molar-refractivity contribution in [3.05, 3.63) is 5.28 Å². The van der Waals surface area contributed by atoms with Crippen molar-refractivity contribution >= 4 is 23.5 Å². The molecule has 110 valence electrons. The number of ether oxygens (including phenoxy) is 1. The van der Waals surface area contributed by atoms with Gasteiger partial charge in [-0.25, -0.2) is 0 Å². The van der Waals surface area contributed by atoms with Gasteiger partial charge in [0.25, 0.3) is 0 Å². The molecule has 1 saturated heterocycles. The molecule has 0 aromatic carbocycles. The van der Waals surface area contributed by atoms with Crippen molar-refractivity contribution in [2.75, 3.05) is 43.1 Å². The van der Waals surface area contributed by atoms with Gasteiger partial charge in [-0.2, -0.15) is 15.0 Å². The molecule has 1 aromatic heterocycles. The van der Waals surface area contributed by atoms with E-state index in [1.54, 1.807) is 0 Å². The topological polar surface area (TPSA) is 63.2 Å². The number of hydrogen-bond donors (Lipinski definition) is 1. The highest BCUT2D eigenvalue weighted by Crippen LogP contribution is 2.36. The van der Waals surface area contributed by atoms with Gasteiger partial charge in [-0.15, -0.1) is 0 Å². The predicted octanol–water partition coefficient (Wildman–Crippen LogP) is 1.82. The van der Waals surface area contributed by atoms with Crippen molar-refractivity contribution < 1.29 is 4.74 Å². The molecule has 7 heteroatoms. The highest BCUT2D eigenvalue weighted by Gasteiger charge is 2.27. The van der Waals surface area contributed by atoms with Crippen molar-refractivity contribution in [1.29, 1.82) is 0 Å². The van der Waals surface area contributed by atoms with Crippen LogP contribution in [0.15, 0.2) is 0 Å². The maximum atomic E-state index is 6.00. The van der Waals surface area contributed by atoms with Crippen LogP contribution in [-0.2, 0) is 4.74 Å². The van der Waals surface area contributed by atoms with Crippen molar-refractivity contribution in [1.82, 2.24) is 15.0 Å². The SMILES string of the molecule is CC(CNc1nc(Cl)nc(N2CCOCC2)n1)C1CC1. The first-order valence-electron chi connectivity index (χ1n) is 7.20. The summed E-state index contributed by atoms with van der Waals surface area (Å²) in [5, 5.41) is 3.52. The third-order valence-electron chi connectivity index (χ3n) is 3.90. The minimum absolute atomic E-state index is 0.239. The van der Waals surface area contributed by atoms with Crippen LogP contribution in [0.25, 0.3) is 0 Å². The van der Waals surface area contributed by atoms with E-state index < -0.39 is 0 Å². The van der Waals surface area contributed by atoms with E-state index in [4.69, 9.17) is 16.3 Å². The van der Waals surface area contributed by atoms with Crippen LogP contribution in [0.4, 0.5) is 11.9 Å². The van der Waals surface area contributed by atoms with E-state index in [1.165, 1.54) is 12.8 Å². The number of nitrogens with one attached hydrogen (secondary N) is 1. The minimum Gasteiger partial charge on any atom is -0.378 e. The molecule has 1 aliphatic heterocycles. The molecule has 1 saturated carbocycles. The van der Waals surface area contributed by atoms with E-state index in [1.807, 2.05) is 0 Å². The molecule has 1 unspecified atom stereocenters. The van der Waals surface area contributed by atoms with Gasteiger partial charge in [0, 0.05) is 19.6 Å². The van der Waals surface area contributed by atoms with Crippen molar-refractivity contribution in [2.45, 2.75) is 19.8 Å². The van der Waals surface area contributed by atoms with Crippen LogP contribution in [0.1, 0.15) is 19.8 Å². The van der Waals surface area contributed by atoms with Crippen LogP contribution in [-0.4, -0.2) is 47.8 Å². The van der Waals surface area contributed by atoms with Crippen molar-refractivity contribution in [2.24, 2.45) is 11.8 Å². The van der Waals surface area contributed by atoms with E-state index in [9.17, 15) is 0 Å². The second kappa shape index (κ2) is 6.10. The molecule has 2 heterocycles. The van der Waals surface area contributed by atoms with Crippen LogP contribution >= 0.6 is 11.6 Å². The molecule has 2 aliphatic rings. The molecule has 0 radical (unpaired) electrons. The van der Waals surface area contributed by atoms with Crippen LogP contribution in [0.5, 0.6) is 0 Å². The van der Waals surface area contributed by atoms with Gasteiger partial charge in [0.2, 0.25) is 17.2 Å². The molecule has 6 nitrogen and oxygen atoms in total. The fourth-order valence-corrected chi connectivity index (χ4v) is 2.56. The first kappa shape index (κ1) is 13.8. The highest BCUT2D eigenvalue weighted by molar-refractivity contribution is 6.28. The van der Waals surface area contributed by atoms with Crippen LogP contribution in [0.3, 0.4) is 0 Å². The van der Waals surface area contributed by atoms with E-state index in [0.717, 1.165) is 25.6 Å². The van der Waals surface area contributed by atoms with Crippen LogP contribution < -0.4 is 10.2 Å². The maximum Gasteiger partial charge on any atom is 0.231 e. The van der Waals surface area contributed by atoms with Crippen molar-refractivity contribution in [3.63, 3.8) is 0 Å². The Bertz CT molecular complexity index is 462. The molecule has 2 fully saturated rings. The van der Waals surface area contributed by atoms with E-state index in [2.05, 4.69) is 32.1 Å². The van der Waals surface area contributed by atoms with E-state index in [0.29, 0.717) is 31.0 Å². The standard InChI is InChI=1S/C13H20ClN5O/c1-9(10-2-3-10)8-15-12-16-11(14)17-13(18-12)19-4-6-20-7-5-19/h9-10H,2-8H2,1H3,(H,15,16,17,18). The van der Waals surface area contributed by atoms with Crippen LogP contribution in [0.2, 0.25) is 5.28 Å². The molecule has 0 amide bonds. The van der Waals surface area contributed by atoms with Crippen molar-refractivity contribution in [3.8, 4) is 0 Å². The number of nitrogens with zero attached hydrogens (tertiary/aromatic N) is 4. The lowest BCUT2D eigenvalue weighted by Crippen LogP contribution is -2.37. The molecule has 1 aliphatic carbocycles. The Hall–Kier alpha value is -1.14. The number of morpholine rings is 1. The first-order valence-corrected chi connectivity index (χ1v) is 7.58. The predicted molar refractivity (Wildman–Crippen MR) is 78.2 cm³/mol. The summed E-state index contributed by atoms with van der Waals surface area (Å²) in [5.74, 6) is 2.71. The van der Waals surface area contributed by atoms with Gasteiger partial charge in [-0.05, 0) is 36.3 Å². The summed E-state index contributed by atoms with van der Waals surface area (Å²) in [6, 6.07) is 0. The van der Waals surface area contributed by atoms with Gasteiger partial charge in [-0.1, -0.05) is 6.92 Å². The Morgan fingerprint density at radius 2 is 2.05 bits per heavy atom. The molecule has 1 N–H and O–H groups in total. The number of rotatable bonds is 5. The molecular weight excluding hydrogens is 278 g/mol. The third kappa shape index (κ3) is 3.49. The normalized spacial score (nSPS) is 20.8. The zero-order chi connectivity index (χ0) is 13.9. The summed E-state index contributed by atoms with van der Waals surface area (Å²) < 4.78 is 5.33. The van der Waals surface area contributed by atoms with Gasteiger partial charge in [0.1, 0.15) is 0 Å². The minimum atomic E-state index is 0.239. The molecule has 0 bridgehead atoms. The molecule has 3 rings (SSSR count). The Morgan fingerprint density at radius 3 is 2.75 bits per heavy atom. The quantitative estimate of drug-likeness (QED) is 0.894. The van der Waals surface area contributed by atoms with E-state index in [-0.39, 0.29) is 5.28 Å². The lowest BCUT2D eigenvalue weighted by molar-refractivity contribution is 0.122. The molecule has 1 atom stereocenters.